The molecule has 1 saturated heterocycles. The molecule has 1 fully saturated rings. The number of fused-ring (bicyclic) bond motifs is 2. The zero-order valence-electron chi connectivity index (χ0n) is 17.2. The third-order valence-electron chi connectivity index (χ3n) is 6.48. The van der Waals surface area contributed by atoms with Gasteiger partial charge in [0.05, 0.1) is 22.4 Å². The number of para-hydroxylation sites is 1. The van der Waals surface area contributed by atoms with Gasteiger partial charge in [-0.25, -0.2) is 0 Å². The Kier molecular flexibility index (Phi) is 4.45. The van der Waals surface area contributed by atoms with Crippen LogP contribution in [0.5, 0.6) is 0 Å². The second-order valence-corrected chi connectivity index (χ2v) is 8.65. The van der Waals surface area contributed by atoms with Crippen molar-refractivity contribution in [3.63, 3.8) is 0 Å². The quantitative estimate of drug-likeness (QED) is 0.454. The van der Waals surface area contributed by atoms with Crippen LogP contribution in [0.15, 0.2) is 59.3 Å². The lowest BCUT2D eigenvalue weighted by Gasteiger charge is -2.25. The molecule has 0 unspecified atom stereocenters. The fourth-order valence-corrected chi connectivity index (χ4v) is 5.20. The van der Waals surface area contributed by atoms with Gasteiger partial charge in [-0.05, 0) is 50.2 Å². The van der Waals surface area contributed by atoms with Crippen molar-refractivity contribution in [1.29, 1.82) is 0 Å². The molecule has 2 amide bonds. The molecule has 0 atom stereocenters. The highest BCUT2D eigenvalue weighted by molar-refractivity contribution is 6.51. The van der Waals surface area contributed by atoms with Gasteiger partial charge in [0.25, 0.3) is 11.8 Å². The number of rotatable bonds is 3. The van der Waals surface area contributed by atoms with Crippen LogP contribution >= 0.6 is 11.6 Å². The number of aromatic nitrogens is 1. The van der Waals surface area contributed by atoms with E-state index in [0.717, 1.165) is 42.4 Å². The molecule has 0 bridgehead atoms. The molecular weight excluding hydrogens is 426 g/mol. The van der Waals surface area contributed by atoms with E-state index in [0.29, 0.717) is 38.7 Å². The second kappa shape index (κ2) is 7.36. The Morgan fingerprint density at radius 1 is 0.906 bits per heavy atom. The Morgan fingerprint density at radius 3 is 2.47 bits per heavy atom. The van der Waals surface area contributed by atoms with Gasteiger partial charge in [0.1, 0.15) is 5.58 Å². The molecule has 4 heterocycles. The minimum atomic E-state index is -0.427. The largest absolute Gasteiger partial charge is 0.464 e. The number of carbonyl (C=O) groups excluding carboxylic acids is 2. The molecule has 32 heavy (non-hydrogen) atoms. The third kappa shape index (κ3) is 2.83. The smallest absolute Gasteiger partial charge is 0.259 e. The molecule has 6 nitrogen and oxygen atoms in total. The third-order valence-corrected chi connectivity index (χ3v) is 6.81. The van der Waals surface area contributed by atoms with Gasteiger partial charge in [0.15, 0.2) is 0 Å². The Labute approximate surface area is 188 Å². The van der Waals surface area contributed by atoms with Gasteiger partial charge in [-0.2, -0.15) is 0 Å². The van der Waals surface area contributed by atoms with E-state index < -0.39 is 11.8 Å². The minimum absolute atomic E-state index is 0.319. The minimum Gasteiger partial charge on any atom is -0.464 e. The Bertz CT molecular complexity index is 1440. The molecule has 7 heteroatoms. The average Bonchev–Trinajstić information content (AvgIpc) is 3.51. The standard InChI is InChI=1S/C25H20ClN3O3/c26-19-6-5-17(23-16(19)9-12-32-23)21-22(25(31)28-24(21)30)18-13-29(14-7-10-27-11-8-14)20-4-2-1-3-15(18)20/h1-6,9,12-14,27H,7-8,10-11H2,(H,28,30,31). The molecule has 2 aromatic carbocycles. The molecule has 2 aliphatic heterocycles. The summed E-state index contributed by atoms with van der Waals surface area (Å²) in [5, 5.41) is 8.09. The van der Waals surface area contributed by atoms with Crippen molar-refractivity contribution in [3.8, 4) is 0 Å². The summed E-state index contributed by atoms with van der Waals surface area (Å²) in [6, 6.07) is 13.6. The topological polar surface area (TPSA) is 76.3 Å². The number of imide groups is 1. The van der Waals surface area contributed by atoms with Gasteiger partial charge in [0.2, 0.25) is 0 Å². The van der Waals surface area contributed by atoms with Gasteiger partial charge in [-0.3, -0.25) is 14.9 Å². The fourth-order valence-electron chi connectivity index (χ4n) is 4.98. The summed E-state index contributed by atoms with van der Waals surface area (Å²) >= 11 is 6.31. The maximum atomic E-state index is 13.1. The van der Waals surface area contributed by atoms with E-state index in [9.17, 15) is 9.59 Å². The van der Waals surface area contributed by atoms with Crippen LogP contribution in [0.1, 0.15) is 30.0 Å². The number of amides is 2. The number of piperidine rings is 1. The number of furan rings is 1. The van der Waals surface area contributed by atoms with Gasteiger partial charge in [0, 0.05) is 39.7 Å². The summed E-state index contributed by atoms with van der Waals surface area (Å²) < 4.78 is 7.94. The van der Waals surface area contributed by atoms with Crippen molar-refractivity contribution in [2.75, 3.05) is 13.1 Å². The van der Waals surface area contributed by atoms with Crippen LogP contribution in [-0.4, -0.2) is 29.5 Å². The lowest BCUT2D eigenvalue weighted by Crippen LogP contribution is -2.29. The summed E-state index contributed by atoms with van der Waals surface area (Å²) in [5.41, 5.74) is 3.57. The molecular formula is C25H20ClN3O3. The lowest BCUT2D eigenvalue weighted by molar-refractivity contribution is -0.122. The van der Waals surface area contributed by atoms with Crippen molar-refractivity contribution >= 4 is 56.4 Å². The van der Waals surface area contributed by atoms with Crippen molar-refractivity contribution in [2.45, 2.75) is 18.9 Å². The molecule has 2 aliphatic rings. The maximum absolute atomic E-state index is 13.1. The lowest BCUT2D eigenvalue weighted by atomic mass is 9.95. The van der Waals surface area contributed by atoms with E-state index in [4.69, 9.17) is 16.0 Å². The normalized spacial score (nSPS) is 17.7. The van der Waals surface area contributed by atoms with Crippen LogP contribution in [0, 0.1) is 0 Å². The zero-order chi connectivity index (χ0) is 21.8. The van der Waals surface area contributed by atoms with Gasteiger partial charge < -0.3 is 14.3 Å². The highest BCUT2D eigenvalue weighted by atomic mass is 35.5. The SMILES string of the molecule is O=C1NC(=O)C(c2ccc(Cl)c3ccoc23)=C1c1cn(C2CCNCC2)c2ccccc12. The zero-order valence-corrected chi connectivity index (χ0v) is 17.9. The molecule has 0 radical (unpaired) electrons. The van der Waals surface area contributed by atoms with Crippen molar-refractivity contribution < 1.29 is 14.0 Å². The summed E-state index contributed by atoms with van der Waals surface area (Å²) in [6.45, 7) is 1.92. The maximum Gasteiger partial charge on any atom is 0.259 e. The number of hydrogen-bond acceptors (Lipinski definition) is 4. The van der Waals surface area contributed by atoms with E-state index in [2.05, 4.69) is 21.3 Å². The summed E-state index contributed by atoms with van der Waals surface area (Å²) in [5.74, 6) is -0.823. The van der Waals surface area contributed by atoms with Crippen LogP contribution in [0.4, 0.5) is 0 Å². The summed E-state index contributed by atoms with van der Waals surface area (Å²) in [6.07, 6.45) is 5.60. The molecule has 6 rings (SSSR count). The van der Waals surface area contributed by atoms with Crippen LogP contribution in [0.2, 0.25) is 5.02 Å². The average molecular weight is 446 g/mol. The number of hydrogen-bond donors (Lipinski definition) is 2. The van der Waals surface area contributed by atoms with Gasteiger partial charge >= 0.3 is 0 Å². The molecule has 2 N–H and O–H groups in total. The van der Waals surface area contributed by atoms with Gasteiger partial charge in [-0.1, -0.05) is 29.8 Å². The van der Waals surface area contributed by atoms with E-state index in [-0.39, 0.29) is 0 Å². The fraction of sp³-hybridized carbons (Fsp3) is 0.200. The van der Waals surface area contributed by atoms with Crippen LogP contribution in [-0.2, 0) is 9.59 Å². The summed E-state index contributed by atoms with van der Waals surface area (Å²) in [4.78, 5) is 26.1. The van der Waals surface area contributed by atoms with Crippen molar-refractivity contribution in [3.05, 3.63) is 71.1 Å². The number of nitrogens with zero attached hydrogens (tertiary/aromatic N) is 1. The predicted molar refractivity (Wildman–Crippen MR) is 124 cm³/mol. The van der Waals surface area contributed by atoms with Gasteiger partial charge in [-0.15, -0.1) is 0 Å². The van der Waals surface area contributed by atoms with Crippen LogP contribution < -0.4 is 10.6 Å². The second-order valence-electron chi connectivity index (χ2n) is 8.24. The highest BCUT2D eigenvalue weighted by Gasteiger charge is 2.35. The van der Waals surface area contributed by atoms with Crippen molar-refractivity contribution in [2.24, 2.45) is 0 Å². The van der Waals surface area contributed by atoms with Crippen LogP contribution in [0.3, 0.4) is 0 Å². The molecule has 0 saturated carbocycles. The van der Waals surface area contributed by atoms with E-state index in [1.807, 2.05) is 24.4 Å². The monoisotopic (exact) mass is 445 g/mol. The summed E-state index contributed by atoms with van der Waals surface area (Å²) in [7, 11) is 0. The Morgan fingerprint density at radius 2 is 1.66 bits per heavy atom. The van der Waals surface area contributed by atoms with E-state index >= 15 is 0 Å². The van der Waals surface area contributed by atoms with Crippen molar-refractivity contribution in [1.82, 2.24) is 15.2 Å². The molecule has 2 aromatic heterocycles. The molecule has 4 aromatic rings. The first-order valence-corrected chi connectivity index (χ1v) is 11.1. The first-order chi connectivity index (χ1) is 15.6. The van der Waals surface area contributed by atoms with E-state index in [1.165, 1.54) is 6.26 Å². The number of benzene rings is 2. The molecule has 0 aliphatic carbocycles. The number of carbonyl (C=O) groups is 2. The molecule has 0 spiro atoms. The number of nitrogens with one attached hydrogen (secondary N) is 2. The Balaban J connectivity index is 1.63. The number of halogens is 1. The molecule has 160 valence electrons. The van der Waals surface area contributed by atoms with E-state index in [1.54, 1.807) is 18.2 Å². The Hall–Kier alpha value is -3.35. The highest BCUT2D eigenvalue weighted by Crippen LogP contribution is 2.40. The first kappa shape index (κ1) is 19.3. The van der Waals surface area contributed by atoms with Crippen LogP contribution in [0.25, 0.3) is 33.0 Å². The predicted octanol–water partition coefficient (Wildman–Crippen LogP) is 4.53. The first-order valence-electron chi connectivity index (χ1n) is 10.7.